The molecule has 0 unspecified atom stereocenters. The van der Waals surface area contributed by atoms with Crippen molar-refractivity contribution in [2.75, 3.05) is 5.32 Å². The van der Waals surface area contributed by atoms with E-state index in [4.69, 9.17) is 0 Å². The van der Waals surface area contributed by atoms with Gasteiger partial charge in [-0.15, -0.1) is 0 Å². The van der Waals surface area contributed by atoms with Gasteiger partial charge < -0.3 is 5.32 Å². The van der Waals surface area contributed by atoms with Crippen LogP contribution in [0.25, 0.3) is 0 Å². The molecule has 0 radical (unpaired) electrons. The standard InChI is InChI=1S/C20H18N2/c1-3-7-18-15(5-1)9-10-16-6-2-4-8-19(16)20(18)22-17-11-13-21-14-12-17/h1-8,11-14,20H,9-10H2,(H,21,22). The first-order chi connectivity index (χ1) is 10.9. The fraction of sp³-hybridized carbons (Fsp3) is 0.150. The van der Waals surface area contributed by atoms with Crippen LogP contribution in [0.4, 0.5) is 5.69 Å². The molecule has 1 N–H and O–H groups in total. The van der Waals surface area contributed by atoms with E-state index in [-0.39, 0.29) is 6.04 Å². The fourth-order valence-electron chi connectivity index (χ4n) is 3.29. The Hall–Kier alpha value is -2.61. The summed E-state index contributed by atoms with van der Waals surface area (Å²) < 4.78 is 0. The van der Waals surface area contributed by atoms with Gasteiger partial charge in [0.1, 0.15) is 0 Å². The number of nitrogens with zero attached hydrogens (tertiary/aromatic N) is 1. The molecule has 22 heavy (non-hydrogen) atoms. The Kier molecular flexibility index (Phi) is 3.36. The van der Waals surface area contributed by atoms with Crippen molar-refractivity contribution >= 4 is 5.69 Å². The minimum atomic E-state index is 0.192. The van der Waals surface area contributed by atoms with Gasteiger partial charge in [0.05, 0.1) is 6.04 Å². The molecular weight excluding hydrogens is 268 g/mol. The van der Waals surface area contributed by atoms with Gasteiger partial charge in [-0.25, -0.2) is 0 Å². The molecule has 0 aliphatic heterocycles. The molecule has 0 fully saturated rings. The Morgan fingerprint density at radius 1 is 0.727 bits per heavy atom. The van der Waals surface area contributed by atoms with Crippen LogP contribution in [0.1, 0.15) is 28.3 Å². The van der Waals surface area contributed by atoms with E-state index in [2.05, 4.69) is 58.8 Å². The van der Waals surface area contributed by atoms with Gasteiger partial charge in [0.25, 0.3) is 0 Å². The predicted octanol–water partition coefficient (Wildman–Crippen LogP) is 4.38. The Morgan fingerprint density at radius 2 is 1.27 bits per heavy atom. The largest absolute Gasteiger partial charge is 0.374 e. The smallest absolute Gasteiger partial charge is 0.0772 e. The molecule has 2 heteroatoms. The van der Waals surface area contributed by atoms with Crippen molar-refractivity contribution in [3.63, 3.8) is 0 Å². The number of nitrogens with one attached hydrogen (secondary N) is 1. The highest BCUT2D eigenvalue weighted by atomic mass is 14.9. The van der Waals surface area contributed by atoms with Crippen molar-refractivity contribution in [1.82, 2.24) is 4.98 Å². The first-order valence-electron chi connectivity index (χ1n) is 7.74. The third kappa shape index (κ3) is 2.37. The molecule has 1 aliphatic carbocycles. The molecule has 0 bridgehead atoms. The van der Waals surface area contributed by atoms with E-state index in [0.29, 0.717) is 0 Å². The van der Waals surface area contributed by atoms with Crippen molar-refractivity contribution < 1.29 is 0 Å². The van der Waals surface area contributed by atoms with Gasteiger partial charge in [-0.1, -0.05) is 48.5 Å². The number of rotatable bonds is 2. The molecule has 0 saturated carbocycles. The second kappa shape index (κ2) is 5.64. The summed E-state index contributed by atoms with van der Waals surface area (Å²) in [6, 6.07) is 21.8. The Labute approximate surface area is 130 Å². The zero-order valence-corrected chi connectivity index (χ0v) is 12.4. The van der Waals surface area contributed by atoms with Crippen molar-refractivity contribution in [2.45, 2.75) is 18.9 Å². The lowest BCUT2D eigenvalue weighted by molar-refractivity contribution is 0.928. The second-order valence-electron chi connectivity index (χ2n) is 5.71. The van der Waals surface area contributed by atoms with Crippen LogP contribution < -0.4 is 5.32 Å². The summed E-state index contributed by atoms with van der Waals surface area (Å²) in [6.07, 6.45) is 5.86. The van der Waals surface area contributed by atoms with Crippen LogP contribution in [0.3, 0.4) is 0 Å². The lowest BCUT2D eigenvalue weighted by atomic mass is 9.94. The van der Waals surface area contributed by atoms with Gasteiger partial charge in [0, 0.05) is 18.1 Å². The van der Waals surface area contributed by atoms with Crippen LogP contribution >= 0.6 is 0 Å². The van der Waals surface area contributed by atoms with E-state index in [0.717, 1.165) is 18.5 Å². The minimum Gasteiger partial charge on any atom is -0.374 e. The summed E-state index contributed by atoms with van der Waals surface area (Å²) in [7, 11) is 0. The number of hydrogen-bond donors (Lipinski definition) is 1. The number of pyridine rings is 1. The highest BCUT2D eigenvalue weighted by molar-refractivity contribution is 5.52. The summed E-state index contributed by atoms with van der Waals surface area (Å²) in [5, 5.41) is 3.69. The molecule has 1 heterocycles. The first kappa shape index (κ1) is 13.1. The fourth-order valence-corrected chi connectivity index (χ4v) is 3.29. The molecule has 108 valence electrons. The normalized spacial score (nSPS) is 13.8. The van der Waals surface area contributed by atoms with Crippen LogP contribution in [0.15, 0.2) is 73.1 Å². The number of aromatic nitrogens is 1. The van der Waals surface area contributed by atoms with Gasteiger partial charge in [-0.05, 0) is 47.2 Å². The van der Waals surface area contributed by atoms with Gasteiger partial charge in [-0.3, -0.25) is 4.98 Å². The molecule has 0 spiro atoms. The Bertz CT molecular complexity index is 733. The van der Waals surface area contributed by atoms with Gasteiger partial charge in [0.2, 0.25) is 0 Å². The van der Waals surface area contributed by atoms with Crippen LogP contribution in [-0.2, 0) is 12.8 Å². The summed E-state index contributed by atoms with van der Waals surface area (Å²) >= 11 is 0. The average Bonchev–Trinajstić information content (AvgIpc) is 2.74. The second-order valence-corrected chi connectivity index (χ2v) is 5.71. The highest BCUT2D eigenvalue weighted by Gasteiger charge is 2.22. The number of benzene rings is 2. The SMILES string of the molecule is c1ccc2c(c1)CCc1ccccc1C2Nc1ccncc1. The first-order valence-corrected chi connectivity index (χ1v) is 7.74. The summed E-state index contributed by atoms with van der Waals surface area (Å²) in [4.78, 5) is 4.11. The summed E-state index contributed by atoms with van der Waals surface area (Å²) in [6.45, 7) is 0. The molecule has 4 rings (SSSR count). The molecule has 2 aromatic carbocycles. The zero-order valence-electron chi connectivity index (χ0n) is 12.4. The van der Waals surface area contributed by atoms with E-state index in [9.17, 15) is 0 Å². The van der Waals surface area contributed by atoms with E-state index in [1.807, 2.05) is 24.5 Å². The van der Waals surface area contributed by atoms with Crippen molar-refractivity contribution in [3.05, 3.63) is 95.3 Å². The van der Waals surface area contributed by atoms with Crippen LogP contribution in [-0.4, -0.2) is 4.98 Å². The van der Waals surface area contributed by atoms with Crippen molar-refractivity contribution in [1.29, 1.82) is 0 Å². The highest BCUT2D eigenvalue weighted by Crippen LogP contribution is 2.34. The lowest BCUT2D eigenvalue weighted by Crippen LogP contribution is -2.14. The van der Waals surface area contributed by atoms with Crippen LogP contribution in [0.5, 0.6) is 0 Å². The minimum absolute atomic E-state index is 0.192. The van der Waals surface area contributed by atoms with Gasteiger partial charge >= 0.3 is 0 Å². The predicted molar refractivity (Wildman–Crippen MR) is 90.0 cm³/mol. The maximum absolute atomic E-state index is 4.11. The molecular formula is C20H18N2. The molecule has 1 aliphatic rings. The number of anilines is 1. The number of hydrogen-bond acceptors (Lipinski definition) is 2. The van der Waals surface area contributed by atoms with Crippen molar-refractivity contribution in [2.24, 2.45) is 0 Å². The number of fused-ring (bicyclic) bond motifs is 2. The van der Waals surface area contributed by atoms with E-state index < -0.39 is 0 Å². The lowest BCUT2D eigenvalue weighted by Gasteiger charge is -2.23. The Morgan fingerprint density at radius 3 is 1.86 bits per heavy atom. The maximum Gasteiger partial charge on any atom is 0.0772 e. The molecule has 0 atom stereocenters. The van der Waals surface area contributed by atoms with Crippen molar-refractivity contribution in [3.8, 4) is 0 Å². The quantitative estimate of drug-likeness (QED) is 0.756. The van der Waals surface area contributed by atoms with E-state index in [1.54, 1.807) is 0 Å². The topological polar surface area (TPSA) is 24.9 Å². The van der Waals surface area contributed by atoms with Gasteiger partial charge in [0.15, 0.2) is 0 Å². The Balaban J connectivity index is 1.84. The average molecular weight is 286 g/mol. The summed E-state index contributed by atoms with van der Waals surface area (Å²) in [5.41, 5.74) is 6.73. The van der Waals surface area contributed by atoms with Crippen LogP contribution in [0, 0.1) is 0 Å². The third-order valence-corrected chi connectivity index (χ3v) is 4.39. The zero-order chi connectivity index (χ0) is 14.8. The van der Waals surface area contributed by atoms with E-state index >= 15 is 0 Å². The molecule has 2 nitrogen and oxygen atoms in total. The number of aryl methyl sites for hydroxylation is 2. The summed E-state index contributed by atoms with van der Waals surface area (Å²) in [5.74, 6) is 0. The van der Waals surface area contributed by atoms with E-state index in [1.165, 1.54) is 22.3 Å². The van der Waals surface area contributed by atoms with Gasteiger partial charge in [-0.2, -0.15) is 0 Å². The molecule has 0 saturated heterocycles. The monoisotopic (exact) mass is 286 g/mol. The maximum atomic E-state index is 4.11. The third-order valence-electron chi connectivity index (χ3n) is 4.39. The molecule has 0 amide bonds. The van der Waals surface area contributed by atoms with Crippen LogP contribution in [0.2, 0.25) is 0 Å². The molecule has 3 aromatic rings. The molecule has 1 aromatic heterocycles.